The first-order chi connectivity index (χ1) is 13.0. The molecule has 0 aromatic carbocycles. The van der Waals surface area contributed by atoms with Gasteiger partial charge in [0.25, 0.3) is 11.8 Å². The molecule has 1 aliphatic rings. The lowest BCUT2D eigenvalue weighted by molar-refractivity contribution is -0.136. The van der Waals surface area contributed by atoms with Crippen LogP contribution in [0, 0.1) is 0 Å². The van der Waals surface area contributed by atoms with Crippen LogP contribution in [0.4, 0.5) is 0 Å². The third-order valence-electron chi connectivity index (χ3n) is 4.48. The van der Waals surface area contributed by atoms with Crippen molar-refractivity contribution < 1.29 is 19.2 Å². The molecule has 27 heavy (non-hydrogen) atoms. The zero-order valence-corrected chi connectivity index (χ0v) is 16.4. The smallest absolute Gasteiger partial charge is 0.253 e. The number of amides is 3. The summed E-state index contributed by atoms with van der Waals surface area (Å²) < 4.78 is 0. The number of nitrogens with one attached hydrogen (secondary N) is 1. The van der Waals surface area contributed by atoms with Gasteiger partial charge in [-0.25, -0.2) is 0 Å². The zero-order chi connectivity index (χ0) is 19.9. The van der Waals surface area contributed by atoms with Crippen LogP contribution in [0.25, 0.3) is 0 Å². The summed E-state index contributed by atoms with van der Waals surface area (Å²) in [6.45, 7) is 2.60. The van der Waals surface area contributed by atoms with E-state index in [0.717, 1.165) is 32.1 Å². The van der Waals surface area contributed by atoms with E-state index in [1.807, 2.05) is 0 Å². The molecule has 6 nitrogen and oxygen atoms in total. The summed E-state index contributed by atoms with van der Waals surface area (Å²) in [6.07, 6.45) is 16.4. The van der Waals surface area contributed by atoms with E-state index in [0.29, 0.717) is 13.1 Å². The molecule has 0 unspecified atom stereocenters. The largest absolute Gasteiger partial charge is 0.353 e. The summed E-state index contributed by atoms with van der Waals surface area (Å²) in [5, 5.41) is 2.77. The van der Waals surface area contributed by atoms with Gasteiger partial charge in [0.1, 0.15) is 0 Å². The molecule has 0 aromatic heterocycles. The van der Waals surface area contributed by atoms with E-state index < -0.39 is 0 Å². The fourth-order valence-corrected chi connectivity index (χ4v) is 2.92. The molecule has 0 saturated carbocycles. The Bertz CT molecular complexity index is 549. The molecule has 0 aliphatic carbocycles. The topological polar surface area (TPSA) is 83.6 Å². The third kappa shape index (κ3) is 11.2. The molecule has 0 spiro atoms. The minimum atomic E-state index is -0.208. The maximum absolute atomic E-state index is 11.4. The third-order valence-corrected chi connectivity index (χ3v) is 4.48. The average molecular weight is 376 g/mol. The van der Waals surface area contributed by atoms with Crippen molar-refractivity contribution >= 4 is 23.5 Å². The van der Waals surface area contributed by atoms with E-state index in [4.69, 9.17) is 0 Å². The lowest BCUT2D eigenvalue weighted by Crippen LogP contribution is -2.30. The van der Waals surface area contributed by atoms with Crippen molar-refractivity contribution in [3.05, 3.63) is 24.3 Å². The summed E-state index contributed by atoms with van der Waals surface area (Å²) in [6, 6.07) is 0. The molecule has 1 heterocycles. The summed E-state index contributed by atoms with van der Waals surface area (Å²) in [5.74, 6) is -0.710. The highest BCUT2D eigenvalue weighted by Gasteiger charge is 2.21. The van der Waals surface area contributed by atoms with E-state index in [1.54, 1.807) is 0 Å². The van der Waals surface area contributed by atoms with Crippen LogP contribution >= 0.6 is 0 Å². The molecule has 0 atom stereocenters. The predicted molar refractivity (Wildman–Crippen MR) is 105 cm³/mol. The Morgan fingerprint density at radius 1 is 0.815 bits per heavy atom. The molecular weight excluding hydrogens is 344 g/mol. The molecule has 3 amide bonds. The standard InChI is InChI=1S/C21H32N2O4/c1-18(24)12-13-19(25)22-16-10-8-6-4-2-3-5-7-9-11-17-23-20(26)14-15-21(23)27/h12-15H,2-11,16-17H2,1H3,(H,22,25)/b13-12-. The van der Waals surface area contributed by atoms with Gasteiger partial charge in [-0.3, -0.25) is 24.1 Å². The van der Waals surface area contributed by atoms with E-state index in [-0.39, 0.29) is 23.5 Å². The number of rotatable bonds is 15. The van der Waals surface area contributed by atoms with Crippen molar-refractivity contribution in [2.75, 3.05) is 13.1 Å². The maximum Gasteiger partial charge on any atom is 0.253 e. The summed E-state index contributed by atoms with van der Waals surface area (Å²) >= 11 is 0. The highest BCUT2D eigenvalue weighted by Crippen LogP contribution is 2.12. The van der Waals surface area contributed by atoms with Crippen LogP contribution < -0.4 is 5.32 Å². The highest BCUT2D eigenvalue weighted by atomic mass is 16.2. The molecule has 0 fully saturated rings. The summed E-state index contributed by atoms with van der Waals surface area (Å²) in [5.41, 5.74) is 0. The Hall–Kier alpha value is -2.24. The Morgan fingerprint density at radius 2 is 1.30 bits per heavy atom. The lowest BCUT2D eigenvalue weighted by atomic mass is 10.1. The van der Waals surface area contributed by atoms with Gasteiger partial charge in [-0.15, -0.1) is 0 Å². The van der Waals surface area contributed by atoms with Crippen LogP contribution in [0.15, 0.2) is 24.3 Å². The van der Waals surface area contributed by atoms with Gasteiger partial charge in [0.15, 0.2) is 5.78 Å². The van der Waals surface area contributed by atoms with Gasteiger partial charge in [-0.1, -0.05) is 51.4 Å². The van der Waals surface area contributed by atoms with Gasteiger partial charge in [-0.05, 0) is 25.8 Å². The Labute approximate surface area is 162 Å². The fourth-order valence-electron chi connectivity index (χ4n) is 2.92. The Kier molecular flexibility index (Phi) is 11.7. The number of allylic oxidation sites excluding steroid dienone is 1. The molecule has 0 saturated heterocycles. The highest BCUT2D eigenvalue weighted by molar-refractivity contribution is 6.12. The number of nitrogens with zero attached hydrogens (tertiary/aromatic N) is 1. The lowest BCUT2D eigenvalue weighted by Gasteiger charge is -2.12. The first kappa shape index (κ1) is 22.8. The fraction of sp³-hybridized carbons (Fsp3) is 0.619. The zero-order valence-electron chi connectivity index (χ0n) is 16.4. The molecule has 1 rings (SSSR count). The van der Waals surface area contributed by atoms with Crippen LogP contribution in [-0.4, -0.2) is 41.5 Å². The van der Waals surface area contributed by atoms with Gasteiger partial charge < -0.3 is 5.32 Å². The van der Waals surface area contributed by atoms with E-state index in [9.17, 15) is 19.2 Å². The minimum Gasteiger partial charge on any atom is -0.353 e. The normalized spacial score (nSPS) is 13.7. The van der Waals surface area contributed by atoms with Crippen LogP contribution in [0.1, 0.15) is 71.1 Å². The summed E-state index contributed by atoms with van der Waals surface area (Å²) in [4.78, 5) is 46.1. The Balaban J connectivity index is 1.81. The number of carbonyl (C=O) groups is 4. The quantitative estimate of drug-likeness (QED) is 0.270. The number of hydrogen-bond donors (Lipinski definition) is 1. The van der Waals surface area contributed by atoms with E-state index >= 15 is 0 Å². The predicted octanol–water partition coefficient (Wildman–Crippen LogP) is 3.07. The monoisotopic (exact) mass is 376 g/mol. The van der Waals surface area contributed by atoms with E-state index in [1.165, 1.54) is 68.2 Å². The average Bonchev–Trinajstić information content (AvgIpc) is 2.95. The second-order valence-corrected chi connectivity index (χ2v) is 6.93. The number of imide groups is 1. The van der Waals surface area contributed by atoms with Crippen LogP contribution in [0.5, 0.6) is 0 Å². The van der Waals surface area contributed by atoms with Crippen molar-refractivity contribution in [2.45, 2.75) is 71.1 Å². The molecule has 6 heteroatoms. The van der Waals surface area contributed by atoms with Gasteiger partial charge in [0, 0.05) is 31.3 Å². The number of carbonyl (C=O) groups excluding carboxylic acids is 4. The van der Waals surface area contributed by atoms with Crippen LogP contribution in [-0.2, 0) is 19.2 Å². The van der Waals surface area contributed by atoms with Crippen molar-refractivity contribution in [2.24, 2.45) is 0 Å². The second-order valence-electron chi connectivity index (χ2n) is 6.93. The van der Waals surface area contributed by atoms with Gasteiger partial charge in [0.2, 0.25) is 5.91 Å². The number of ketones is 1. The van der Waals surface area contributed by atoms with Crippen molar-refractivity contribution in [1.82, 2.24) is 10.2 Å². The molecule has 150 valence electrons. The van der Waals surface area contributed by atoms with Crippen LogP contribution in [0.3, 0.4) is 0 Å². The van der Waals surface area contributed by atoms with Crippen molar-refractivity contribution in [1.29, 1.82) is 0 Å². The first-order valence-electron chi connectivity index (χ1n) is 10.0. The second kappa shape index (κ2) is 13.9. The summed E-state index contributed by atoms with van der Waals surface area (Å²) in [7, 11) is 0. The van der Waals surface area contributed by atoms with Crippen molar-refractivity contribution in [3.8, 4) is 0 Å². The first-order valence-corrected chi connectivity index (χ1v) is 10.0. The molecular formula is C21H32N2O4. The van der Waals surface area contributed by atoms with Gasteiger partial charge >= 0.3 is 0 Å². The number of hydrogen-bond acceptors (Lipinski definition) is 4. The number of unbranched alkanes of at least 4 members (excludes halogenated alkanes) is 9. The van der Waals surface area contributed by atoms with E-state index in [2.05, 4.69) is 5.32 Å². The maximum atomic E-state index is 11.4. The van der Waals surface area contributed by atoms with Crippen LogP contribution in [0.2, 0.25) is 0 Å². The molecule has 1 N–H and O–H groups in total. The Morgan fingerprint density at radius 3 is 1.81 bits per heavy atom. The molecule has 1 aliphatic heterocycles. The molecule has 0 aromatic rings. The molecule has 0 bridgehead atoms. The molecule has 0 radical (unpaired) electrons. The van der Waals surface area contributed by atoms with Crippen molar-refractivity contribution in [3.63, 3.8) is 0 Å². The van der Waals surface area contributed by atoms with Gasteiger partial charge in [-0.2, -0.15) is 0 Å². The van der Waals surface area contributed by atoms with Gasteiger partial charge in [0.05, 0.1) is 0 Å². The minimum absolute atomic E-state index is 0.126. The SMILES string of the molecule is CC(=O)/C=C\C(=O)NCCCCCCCCCCCCN1C(=O)C=CC1=O.